The lowest BCUT2D eigenvalue weighted by atomic mass is 10.00. The monoisotopic (exact) mass is 452 g/mol. The van der Waals surface area contributed by atoms with Gasteiger partial charge in [-0.25, -0.2) is 23.0 Å². The number of hydrogen-bond acceptors (Lipinski definition) is 3. The van der Waals surface area contributed by atoms with Crippen LogP contribution in [0.4, 0.5) is 23.7 Å². The molecule has 0 spiro atoms. The highest BCUT2D eigenvalue weighted by Gasteiger charge is 2.31. The number of aliphatic imine (C=N–C) groups is 1. The van der Waals surface area contributed by atoms with Gasteiger partial charge in [-0.1, -0.05) is 36.4 Å². The number of carbonyl (C=O) groups excluding carboxylic acids is 2. The van der Waals surface area contributed by atoms with Crippen molar-refractivity contribution in [2.75, 3.05) is 11.9 Å². The molecular weight excluding hydrogens is 433 g/mol. The normalized spacial score (nSPS) is 15.4. The van der Waals surface area contributed by atoms with Gasteiger partial charge in [0.1, 0.15) is 5.82 Å². The number of benzene rings is 3. The van der Waals surface area contributed by atoms with E-state index in [2.05, 4.69) is 15.6 Å². The maximum atomic E-state index is 14.6. The van der Waals surface area contributed by atoms with E-state index in [0.717, 1.165) is 12.1 Å². The second kappa shape index (κ2) is 9.15. The first-order chi connectivity index (χ1) is 15.8. The van der Waals surface area contributed by atoms with Gasteiger partial charge in [-0.05, 0) is 35.9 Å². The molecule has 1 aliphatic rings. The molecule has 0 fully saturated rings. The molecule has 1 aliphatic heterocycles. The van der Waals surface area contributed by atoms with E-state index < -0.39 is 35.6 Å². The SMILES string of the molecule is CN1C(=O)C(NC(=O)NCc2ccc(F)c(F)c2)N=C(c2ccccc2F)c2ccccc21. The third kappa shape index (κ3) is 4.57. The summed E-state index contributed by atoms with van der Waals surface area (Å²) in [5.74, 6) is -3.08. The largest absolute Gasteiger partial charge is 0.334 e. The van der Waals surface area contributed by atoms with Crippen LogP contribution in [-0.4, -0.2) is 30.9 Å². The Bertz CT molecular complexity index is 1260. The Kier molecular flexibility index (Phi) is 6.12. The summed E-state index contributed by atoms with van der Waals surface area (Å²) in [6.45, 7) is -0.107. The zero-order valence-corrected chi connectivity index (χ0v) is 17.5. The number of nitrogens with one attached hydrogen (secondary N) is 2. The minimum Gasteiger partial charge on any atom is -0.334 e. The first-order valence-corrected chi connectivity index (χ1v) is 10.0. The molecule has 3 aromatic rings. The van der Waals surface area contributed by atoms with E-state index in [1.54, 1.807) is 42.5 Å². The third-order valence-corrected chi connectivity index (χ3v) is 5.18. The van der Waals surface area contributed by atoms with Crippen LogP contribution in [0.15, 0.2) is 71.7 Å². The van der Waals surface area contributed by atoms with Crippen LogP contribution in [0.2, 0.25) is 0 Å². The molecule has 6 nitrogen and oxygen atoms in total. The Labute approximate surface area is 187 Å². The maximum absolute atomic E-state index is 14.6. The first-order valence-electron chi connectivity index (χ1n) is 10.0. The van der Waals surface area contributed by atoms with Crippen LogP contribution in [0.1, 0.15) is 16.7 Å². The number of likely N-dealkylation sites (N-methyl/N-ethyl adjacent to an activating group) is 1. The number of urea groups is 1. The number of hydrogen-bond donors (Lipinski definition) is 2. The van der Waals surface area contributed by atoms with Crippen molar-refractivity contribution in [3.05, 3.63) is 101 Å². The van der Waals surface area contributed by atoms with Gasteiger partial charge in [0.2, 0.25) is 6.17 Å². The van der Waals surface area contributed by atoms with Gasteiger partial charge in [0.15, 0.2) is 11.6 Å². The number of anilines is 1. The van der Waals surface area contributed by atoms with E-state index in [1.165, 1.54) is 24.1 Å². The molecule has 3 amide bonds. The smallest absolute Gasteiger partial charge is 0.317 e. The summed E-state index contributed by atoms with van der Waals surface area (Å²) in [5.41, 5.74) is 1.77. The van der Waals surface area contributed by atoms with Gasteiger partial charge in [0, 0.05) is 24.7 Å². The minimum absolute atomic E-state index is 0.107. The minimum atomic E-state index is -1.35. The lowest BCUT2D eigenvalue weighted by Gasteiger charge is -2.21. The van der Waals surface area contributed by atoms with Crippen LogP contribution in [0.25, 0.3) is 0 Å². The Hall–Kier alpha value is -4.14. The van der Waals surface area contributed by atoms with Crippen molar-refractivity contribution in [3.63, 3.8) is 0 Å². The maximum Gasteiger partial charge on any atom is 0.317 e. The zero-order valence-electron chi connectivity index (χ0n) is 17.5. The summed E-state index contributed by atoms with van der Waals surface area (Å²) >= 11 is 0. The average Bonchev–Trinajstić information content (AvgIpc) is 2.91. The molecule has 9 heteroatoms. The fourth-order valence-corrected chi connectivity index (χ4v) is 3.49. The predicted octanol–water partition coefficient (Wildman–Crippen LogP) is 3.74. The fourth-order valence-electron chi connectivity index (χ4n) is 3.49. The van der Waals surface area contributed by atoms with Crippen molar-refractivity contribution in [2.24, 2.45) is 4.99 Å². The van der Waals surface area contributed by atoms with Gasteiger partial charge in [-0.2, -0.15) is 0 Å². The van der Waals surface area contributed by atoms with Crippen LogP contribution in [0, 0.1) is 17.5 Å². The number of nitrogens with zero attached hydrogens (tertiary/aromatic N) is 2. The lowest BCUT2D eigenvalue weighted by molar-refractivity contribution is -0.119. The summed E-state index contributed by atoms with van der Waals surface area (Å²) in [7, 11) is 1.54. The van der Waals surface area contributed by atoms with Crippen LogP contribution in [0.5, 0.6) is 0 Å². The van der Waals surface area contributed by atoms with Gasteiger partial charge in [-0.15, -0.1) is 0 Å². The number of halogens is 3. The van der Waals surface area contributed by atoms with Gasteiger partial charge < -0.3 is 15.5 Å². The van der Waals surface area contributed by atoms with Crippen LogP contribution in [0.3, 0.4) is 0 Å². The highest BCUT2D eigenvalue weighted by Crippen LogP contribution is 2.28. The van der Waals surface area contributed by atoms with E-state index in [0.29, 0.717) is 16.8 Å². The van der Waals surface area contributed by atoms with E-state index in [1.807, 2.05) is 0 Å². The fraction of sp³-hybridized carbons (Fsp3) is 0.125. The van der Waals surface area contributed by atoms with Gasteiger partial charge >= 0.3 is 6.03 Å². The molecular formula is C24H19F3N4O2. The number of para-hydroxylation sites is 1. The molecule has 4 rings (SSSR count). The molecule has 0 radical (unpaired) electrons. The quantitative estimate of drug-likeness (QED) is 0.633. The highest BCUT2D eigenvalue weighted by molar-refractivity contribution is 6.20. The summed E-state index contributed by atoms with van der Waals surface area (Å²) in [5, 5.41) is 4.95. The van der Waals surface area contributed by atoms with E-state index in [4.69, 9.17) is 0 Å². The molecule has 168 valence electrons. The summed E-state index contributed by atoms with van der Waals surface area (Å²) in [4.78, 5) is 31.3. The Morgan fingerprint density at radius 1 is 0.939 bits per heavy atom. The highest BCUT2D eigenvalue weighted by atomic mass is 19.2. The Morgan fingerprint density at radius 3 is 2.36 bits per heavy atom. The van der Waals surface area contributed by atoms with E-state index >= 15 is 0 Å². The van der Waals surface area contributed by atoms with Gasteiger partial charge in [0.05, 0.1) is 11.4 Å². The molecule has 0 aromatic heterocycles. The molecule has 0 saturated carbocycles. The molecule has 0 aliphatic carbocycles. The van der Waals surface area contributed by atoms with Gasteiger partial charge in [0.25, 0.3) is 5.91 Å². The standard InChI is InChI=1S/C24H19F3N4O2/c1-31-20-9-5-3-7-16(20)21(15-6-2-4-8-17(15)25)29-22(23(31)32)30-24(33)28-13-14-10-11-18(26)19(27)12-14/h2-12,22H,13H2,1H3,(H2,28,30,33). The van der Waals surface area contributed by atoms with Crippen molar-refractivity contribution < 1.29 is 22.8 Å². The number of rotatable bonds is 4. The molecule has 1 heterocycles. The van der Waals surface area contributed by atoms with Crippen LogP contribution >= 0.6 is 0 Å². The van der Waals surface area contributed by atoms with Crippen LogP contribution < -0.4 is 15.5 Å². The predicted molar refractivity (Wildman–Crippen MR) is 117 cm³/mol. The molecule has 0 saturated heterocycles. The summed E-state index contributed by atoms with van der Waals surface area (Å²) in [6, 6.07) is 15.4. The van der Waals surface area contributed by atoms with E-state index in [-0.39, 0.29) is 17.8 Å². The topological polar surface area (TPSA) is 73.8 Å². The van der Waals surface area contributed by atoms with Crippen molar-refractivity contribution in [1.82, 2.24) is 10.6 Å². The van der Waals surface area contributed by atoms with Crippen molar-refractivity contribution in [1.29, 1.82) is 0 Å². The molecule has 2 N–H and O–H groups in total. The number of benzodiazepines with no additional fused rings is 1. The average molecular weight is 452 g/mol. The van der Waals surface area contributed by atoms with Crippen molar-refractivity contribution >= 4 is 23.3 Å². The van der Waals surface area contributed by atoms with Crippen LogP contribution in [-0.2, 0) is 11.3 Å². The molecule has 0 bridgehead atoms. The van der Waals surface area contributed by atoms with E-state index in [9.17, 15) is 22.8 Å². The number of amides is 3. The number of fused-ring (bicyclic) bond motifs is 1. The zero-order chi connectivity index (χ0) is 23.5. The summed E-state index contributed by atoms with van der Waals surface area (Å²) in [6.07, 6.45) is -1.35. The molecule has 33 heavy (non-hydrogen) atoms. The molecule has 3 aromatic carbocycles. The second-order valence-electron chi connectivity index (χ2n) is 7.35. The number of carbonyl (C=O) groups is 2. The van der Waals surface area contributed by atoms with Crippen molar-refractivity contribution in [2.45, 2.75) is 12.7 Å². The lowest BCUT2D eigenvalue weighted by Crippen LogP contribution is -2.49. The molecule has 1 atom stereocenters. The second-order valence-corrected chi connectivity index (χ2v) is 7.35. The third-order valence-electron chi connectivity index (χ3n) is 5.18. The van der Waals surface area contributed by atoms with Gasteiger partial charge in [-0.3, -0.25) is 4.79 Å². The summed E-state index contributed by atoms with van der Waals surface area (Å²) < 4.78 is 41.1. The molecule has 1 unspecified atom stereocenters. The van der Waals surface area contributed by atoms with Crippen molar-refractivity contribution in [3.8, 4) is 0 Å². The Balaban J connectivity index is 1.62. The first kappa shape index (κ1) is 22.1. The Morgan fingerprint density at radius 2 is 1.64 bits per heavy atom.